The number of aromatic nitrogens is 2. The minimum Gasteiger partial charge on any atom is -0.342 e. The van der Waals surface area contributed by atoms with Gasteiger partial charge in [-0.1, -0.05) is 11.2 Å². The molecule has 0 N–H and O–H groups in total. The number of carbonyl (C=O) groups is 1. The van der Waals surface area contributed by atoms with E-state index >= 15 is 0 Å². The zero-order valence-corrected chi connectivity index (χ0v) is 11.4. The lowest BCUT2D eigenvalue weighted by molar-refractivity contribution is -0.127. The van der Waals surface area contributed by atoms with Gasteiger partial charge in [0, 0.05) is 37.2 Å². The molecule has 0 unspecified atom stereocenters. The zero-order chi connectivity index (χ0) is 13.1. The predicted octanol–water partition coefficient (Wildman–Crippen LogP) is 1.89. The molecule has 0 saturated carbocycles. The molecule has 0 spiro atoms. The van der Waals surface area contributed by atoms with E-state index in [2.05, 4.69) is 16.2 Å². The van der Waals surface area contributed by atoms with Crippen LogP contribution in [0.2, 0.25) is 0 Å². The van der Waals surface area contributed by atoms with Gasteiger partial charge < -0.3 is 9.42 Å². The van der Waals surface area contributed by atoms with Crippen LogP contribution in [-0.2, 0) is 17.6 Å². The summed E-state index contributed by atoms with van der Waals surface area (Å²) in [4.78, 5) is 18.9. The van der Waals surface area contributed by atoms with Gasteiger partial charge in [-0.2, -0.15) is 4.98 Å². The van der Waals surface area contributed by atoms with Crippen LogP contribution in [0.1, 0.15) is 29.4 Å². The normalized spacial score (nSPS) is 15.4. The van der Waals surface area contributed by atoms with Gasteiger partial charge in [0.25, 0.3) is 0 Å². The number of likely N-dealkylation sites (tertiary alicyclic amines) is 1. The van der Waals surface area contributed by atoms with Crippen LogP contribution in [0.4, 0.5) is 0 Å². The average molecular weight is 277 g/mol. The third-order valence-corrected chi connectivity index (χ3v) is 4.07. The fourth-order valence-corrected chi connectivity index (χ4v) is 2.91. The van der Waals surface area contributed by atoms with E-state index in [0.717, 1.165) is 13.0 Å². The standard InChI is InChI=1S/C13H15N3O2S/c17-13-4-1-6-16(13)7-5-12-14-11(15-18-12)9-10-3-2-8-19-10/h2-3,8H,1,4-7,9H2. The van der Waals surface area contributed by atoms with E-state index in [1.165, 1.54) is 4.88 Å². The van der Waals surface area contributed by atoms with Crippen molar-refractivity contribution in [1.82, 2.24) is 15.0 Å². The monoisotopic (exact) mass is 277 g/mol. The highest BCUT2D eigenvalue weighted by atomic mass is 32.1. The SMILES string of the molecule is O=C1CCCN1CCc1nc(Cc2cccs2)no1. The van der Waals surface area contributed by atoms with Crippen LogP contribution in [-0.4, -0.2) is 34.0 Å². The number of rotatable bonds is 5. The second kappa shape index (κ2) is 5.52. The lowest BCUT2D eigenvalue weighted by Crippen LogP contribution is -2.26. The number of nitrogens with zero attached hydrogens (tertiary/aromatic N) is 3. The lowest BCUT2D eigenvalue weighted by Gasteiger charge is -2.13. The highest BCUT2D eigenvalue weighted by Crippen LogP contribution is 2.14. The van der Waals surface area contributed by atoms with E-state index in [4.69, 9.17) is 4.52 Å². The Balaban J connectivity index is 1.54. The van der Waals surface area contributed by atoms with E-state index in [-0.39, 0.29) is 5.91 Å². The summed E-state index contributed by atoms with van der Waals surface area (Å²) < 4.78 is 5.21. The number of carbonyl (C=O) groups excluding carboxylic acids is 1. The summed E-state index contributed by atoms with van der Waals surface area (Å²) >= 11 is 1.69. The van der Waals surface area contributed by atoms with E-state index in [0.29, 0.717) is 37.5 Å². The molecular weight excluding hydrogens is 262 g/mol. The quantitative estimate of drug-likeness (QED) is 0.837. The minimum atomic E-state index is 0.235. The third kappa shape index (κ3) is 3.01. The molecule has 1 aliphatic rings. The first-order valence-corrected chi connectivity index (χ1v) is 7.31. The van der Waals surface area contributed by atoms with Gasteiger partial charge in [0.2, 0.25) is 11.8 Å². The van der Waals surface area contributed by atoms with Crippen molar-refractivity contribution >= 4 is 17.2 Å². The third-order valence-electron chi connectivity index (χ3n) is 3.19. The Morgan fingerprint density at radius 2 is 2.42 bits per heavy atom. The molecule has 100 valence electrons. The lowest BCUT2D eigenvalue weighted by atomic mass is 10.3. The molecule has 3 heterocycles. The number of thiophene rings is 1. The fraction of sp³-hybridized carbons (Fsp3) is 0.462. The van der Waals surface area contributed by atoms with Gasteiger partial charge in [-0.3, -0.25) is 4.79 Å². The van der Waals surface area contributed by atoms with Gasteiger partial charge in [-0.05, 0) is 17.9 Å². The topological polar surface area (TPSA) is 59.2 Å². The number of hydrogen-bond donors (Lipinski definition) is 0. The maximum atomic E-state index is 11.5. The van der Waals surface area contributed by atoms with E-state index in [1.54, 1.807) is 11.3 Å². The molecule has 1 fully saturated rings. The summed E-state index contributed by atoms with van der Waals surface area (Å²) in [5, 5.41) is 6.01. The molecule has 0 aromatic carbocycles. The first-order chi connectivity index (χ1) is 9.31. The Hall–Kier alpha value is -1.69. The Morgan fingerprint density at radius 3 is 3.16 bits per heavy atom. The predicted molar refractivity (Wildman–Crippen MR) is 70.9 cm³/mol. The molecule has 3 rings (SSSR count). The van der Waals surface area contributed by atoms with Gasteiger partial charge in [-0.25, -0.2) is 0 Å². The van der Waals surface area contributed by atoms with Crippen molar-refractivity contribution in [2.24, 2.45) is 0 Å². The van der Waals surface area contributed by atoms with Crippen molar-refractivity contribution in [2.45, 2.75) is 25.7 Å². The van der Waals surface area contributed by atoms with Gasteiger partial charge in [0.1, 0.15) is 0 Å². The Kier molecular flexibility index (Phi) is 3.59. The highest BCUT2D eigenvalue weighted by Gasteiger charge is 2.20. The van der Waals surface area contributed by atoms with E-state index in [9.17, 15) is 4.79 Å². The van der Waals surface area contributed by atoms with Gasteiger partial charge >= 0.3 is 0 Å². The molecule has 0 radical (unpaired) electrons. The summed E-state index contributed by atoms with van der Waals surface area (Å²) in [7, 11) is 0. The van der Waals surface area contributed by atoms with Crippen molar-refractivity contribution in [1.29, 1.82) is 0 Å². The molecule has 2 aromatic heterocycles. The highest BCUT2D eigenvalue weighted by molar-refractivity contribution is 7.09. The van der Waals surface area contributed by atoms with Crippen LogP contribution in [0.3, 0.4) is 0 Å². The summed E-state index contributed by atoms with van der Waals surface area (Å²) in [6.07, 6.45) is 2.99. The molecular formula is C13H15N3O2S. The van der Waals surface area contributed by atoms with Crippen LogP contribution in [0.25, 0.3) is 0 Å². The first kappa shape index (κ1) is 12.3. The Morgan fingerprint density at radius 1 is 1.47 bits per heavy atom. The second-order valence-corrected chi connectivity index (χ2v) is 5.63. The molecule has 6 heteroatoms. The Bertz CT molecular complexity index is 550. The van der Waals surface area contributed by atoms with Gasteiger partial charge in [-0.15, -0.1) is 11.3 Å². The summed E-state index contributed by atoms with van der Waals surface area (Å²) in [5.74, 6) is 1.56. The maximum absolute atomic E-state index is 11.5. The van der Waals surface area contributed by atoms with Crippen LogP contribution < -0.4 is 0 Å². The fourth-order valence-electron chi connectivity index (χ4n) is 2.20. The van der Waals surface area contributed by atoms with Gasteiger partial charge in [0.15, 0.2) is 5.82 Å². The van der Waals surface area contributed by atoms with Crippen LogP contribution in [0, 0.1) is 0 Å². The molecule has 0 bridgehead atoms. The first-order valence-electron chi connectivity index (χ1n) is 6.43. The van der Waals surface area contributed by atoms with E-state index in [1.807, 2.05) is 16.3 Å². The summed E-state index contributed by atoms with van der Waals surface area (Å²) in [5.41, 5.74) is 0. The van der Waals surface area contributed by atoms with Crippen molar-refractivity contribution < 1.29 is 9.32 Å². The van der Waals surface area contributed by atoms with Crippen LogP contribution in [0.5, 0.6) is 0 Å². The Labute approximate surface area is 115 Å². The number of amides is 1. The molecule has 5 nitrogen and oxygen atoms in total. The summed E-state index contributed by atoms with van der Waals surface area (Å²) in [6.45, 7) is 1.54. The minimum absolute atomic E-state index is 0.235. The van der Waals surface area contributed by atoms with Gasteiger partial charge in [0.05, 0.1) is 0 Å². The van der Waals surface area contributed by atoms with Crippen molar-refractivity contribution in [3.8, 4) is 0 Å². The van der Waals surface area contributed by atoms with Crippen molar-refractivity contribution in [3.63, 3.8) is 0 Å². The second-order valence-electron chi connectivity index (χ2n) is 4.59. The maximum Gasteiger partial charge on any atom is 0.228 e. The van der Waals surface area contributed by atoms with Crippen LogP contribution in [0.15, 0.2) is 22.0 Å². The van der Waals surface area contributed by atoms with E-state index < -0.39 is 0 Å². The molecule has 0 aliphatic carbocycles. The smallest absolute Gasteiger partial charge is 0.228 e. The van der Waals surface area contributed by atoms with Crippen molar-refractivity contribution in [3.05, 3.63) is 34.1 Å². The summed E-state index contributed by atoms with van der Waals surface area (Å²) in [6, 6.07) is 4.07. The molecule has 1 amide bonds. The average Bonchev–Trinajstić information content (AvgIpc) is 3.10. The molecule has 2 aromatic rings. The molecule has 1 saturated heterocycles. The largest absolute Gasteiger partial charge is 0.342 e. The zero-order valence-electron chi connectivity index (χ0n) is 10.5. The number of hydrogen-bond acceptors (Lipinski definition) is 5. The molecule has 1 aliphatic heterocycles. The molecule has 19 heavy (non-hydrogen) atoms. The van der Waals surface area contributed by atoms with Crippen LogP contribution >= 0.6 is 11.3 Å². The van der Waals surface area contributed by atoms with Crippen molar-refractivity contribution in [2.75, 3.05) is 13.1 Å². The molecule has 0 atom stereocenters.